The van der Waals surface area contributed by atoms with E-state index in [1.165, 1.54) is 6.42 Å². The molecule has 1 aromatic rings. The van der Waals surface area contributed by atoms with Gasteiger partial charge in [0.05, 0.1) is 5.56 Å². The predicted molar refractivity (Wildman–Crippen MR) is 73.7 cm³/mol. The molecule has 92 valence electrons. The average molecular weight is 315 g/mol. The molecular formula is C13H15BrO2S. The second kappa shape index (κ2) is 5.91. The zero-order valence-corrected chi connectivity index (χ0v) is 12.0. The van der Waals surface area contributed by atoms with Crippen LogP contribution >= 0.6 is 28.6 Å². The summed E-state index contributed by atoms with van der Waals surface area (Å²) >= 11 is 7.64. The summed E-state index contributed by atoms with van der Waals surface area (Å²) in [7, 11) is 0. The first-order valence-electron chi connectivity index (χ1n) is 5.86. The Morgan fingerprint density at radius 3 is 2.65 bits per heavy atom. The van der Waals surface area contributed by atoms with Crippen LogP contribution in [0.3, 0.4) is 0 Å². The van der Waals surface area contributed by atoms with Gasteiger partial charge in [-0.3, -0.25) is 0 Å². The van der Waals surface area contributed by atoms with E-state index < -0.39 is 0 Å². The molecule has 2 rings (SSSR count). The molecule has 0 aromatic heterocycles. The van der Waals surface area contributed by atoms with Gasteiger partial charge in [-0.05, 0) is 43.9 Å². The van der Waals surface area contributed by atoms with Crippen molar-refractivity contribution in [1.82, 2.24) is 0 Å². The van der Waals surface area contributed by atoms with Crippen molar-refractivity contribution in [3.63, 3.8) is 0 Å². The highest BCUT2D eigenvalue weighted by Crippen LogP contribution is 2.24. The largest absolute Gasteiger partial charge is 0.459 e. The average Bonchev–Trinajstić information content (AvgIpc) is 2.30. The molecule has 1 fully saturated rings. The number of benzene rings is 1. The summed E-state index contributed by atoms with van der Waals surface area (Å²) in [4.78, 5) is 12.6. The first-order valence-corrected chi connectivity index (χ1v) is 7.10. The van der Waals surface area contributed by atoms with Crippen LogP contribution in [0, 0.1) is 0 Å². The number of carbonyl (C=O) groups excluding carboxylic acids is 1. The van der Waals surface area contributed by atoms with E-state index in [4.69, 9.17) is 4.74 Å². The Balaban J connectivity index is 2.03. The normalized spacial score (nSPS) is 16.8. The summed E-state index contributed by atoms with van der Waals surface area (Å²) in [5.74, 6) is -0.255. The standard InChI is InChI=1S/C13H15BrO2S/c14-9-6-7-11(12(17)8-9)13(15)16-10-4-2-1-3-5-10/h6-8,10,17H,1-5H2. The molecular weight excluding hydrogens is 300 g/mol. The molecule has 0 atom stereocenters. The zero-order chi connectivity index (χ0) is 12.3. The summed E-state index contributed by atoms with van der Waals surface area (Å²) in [6.45, 7) is 0. The Kier molecular flexibility index (Phi) is 4.51. The zero-order valence-electron chi connectivity index (χ0n) is 9.49. The van der Waals surface area contributed by atoms with Crippen LogP contribution in [0.2, 0.25) is 0 Å². The number of hydrogen-bond donors (Lipinski definition) is 1. The molecule has 0 amide bonds. The maximum Gasteiger partial charge on any atom is 0.339 e. The van der Waals surface area contributed by atoms with Crippen molar-refractivity contribution in [2.24, 2.45) is 0 Å². The number of hydrogen-bond acceptors (Lipinski definition) is 3. The van der Waals surface area contributed by atoms with Crippen LogP contribution < -0.4 is 0 Å². The van der Waals surface area contributed by atoms with Crippen LogP contribution in [0.5, 0.6) is 0 Å². The number of rotatable bonds is 2. The number of esters is 1. The molecule has 1 saturated carbocycles. The molecule has 0 radical (unpaired) electrons. The monoisotopic (exact) mass is 314 g/mol. The third-order valence-corrected chi connectivity index (χ3v) is 3.87. The second-order valence-corrected chi connectivity index (χ2v) is 5.72. The van der Waals surface area contributed by atoms with Crippen molar-refractivity contribution in [3.8, 4) is 0 Å². The van der Waals surface area contributed by atoms with Crippen molar-refractivity contribution in [2.75, 3.05) is 0 Å². The maximum absolute atomic E-state index is 12.0. The van der Waals surface area contributed by atoms with Gasteiger partial charge in [0.25, 0.3) is 0 Å². The molecule has 4 heteroatoms. The molecule has 0 aliphatic heterocycles. The molecule has 0 heterocycles. The minimum atomic E-state index is -0.255. The SMILES string of the molecule is O=C(OC1CCCCC1)c1ccc(Br)cc1S. The van der Waals surface area contributed by atoms with Gasteiger partial charge in [0.15, 0.2) is 0 Å². The minimum absolute atomic E-state index is 0.0904. The van der Waals surface area contributed by atoms with Gasteiger partial charge in [0.1, 0.15) is 6.10 Å². The van der Waals surface area contributed by atoms with Gasteiger partial charge in [-0.1, -0.05) is 22.4 Å². The van der Waals surface area contributed by atoms with Crippen molar-refractivity contribution in [1.29, 1.82) is 0 Å². The molecule has 0 spiro atoms. The second-order valence-electron chi connectivity index (χ2n) is 4.33. The molecule has 2 nitrogen and oxygen atoms in total. The summed E-state index contributed by atoms with van der Waals surface area (Å²) in [5, 5.41) is 0. The fourth-order valence-electron chi connectivity index (χ4n) is 2.08. The van der Waals surface area contributed by atoms with Crippen LogP contribution in [0.1, 0.15) is 42.5 Å². The summed E-state index contributed by atoms with van der Waals surface area (Å²) < 4.78 is 6.41. The maximum atomic E-state index is 12.0. The number of carbonyl (C=O) groups is 1. The summed E-state index contributed by atoms with van der Waals surface area (Å²) in [6.07, 6.45) is 5.64. The molecule has 0 N–H and O–H groups in total. The Morgan fingerprint density at radius 1 is 1.29 bits per heavy atom. The Bertz CT molecular complexity index is 414. The predicted octanol–water partition coefficient (Wildman–Crippen LogP) is 4.23. The lowest BCUT2D eigenvalue weighted by Gasteiger charge is -2.22. The lowest BCUT2D eigenvalue weighted by Crippen LogP contribution is -2.21. The van der Waals surface area contributed by atoms with E-state index in [0.29, 0.717) is 10.5 Å². The van der Waals surface area contributed by atoms with E-state index in [-0.39, 0.29) is 12.1 Å². The quantitative estimate of drug-likeness (QED) is 0.653. The minimum Gasteiger partial charge on any atom is -0.459 e. The highest BCUT2D eigenvalue weighted by Gasteiger charge is 2.19. The summed E-state index contributed by atoms with van der Waals surface area (Å²) in [5.41, 5.74) is 0.544. The highest BCUT2D eigenvalue weighted by molar-refractivity contribution is 9.10. The number of ether oxygens (including phenoxy) is 1. The molecule has 0 bridgehead atoms. The van der Waals surface area contributed by atoms with Crippen molar-refractivity contribution in [3.05, 3.63) is 28.2 Å². The first-order chi connectivity index (χ1) is 8.16. The van der Waals surface area contributed by atoms with Gasteiger partial charge < -0.3 is 4.74 Å². The molecule has 0 saturated heterocycles. The fraction of sp³-hybridized carbons (Fsp3) is 0.462. The van der Waals surface area contributed by atoms with Gasteiger partial charge in [-0.2, -0.15) is 0 Å². The summed E-state index contributed by atoms with van der Waals surface area (Å²) in [6, 6.07) is 5.38. The lowest BCUT2D eigenvalue weighted by molar-refractivity contribution is 0.0207. The molecule has 0 unspecified atom stereocenters. The molecule has 1 aromatic carbocycles. The van der Waals surface area contributed by atoms with E-state index >= 15 is 0 Å². The van der Waals surface area contributed by atoms with Crippen molar-refractivity contribution < 1.29 is 9.53 Å². The topological polar surface area (TPSA) is 26.3 Å². The van der Waals surface area contributed by atoms with Crippen molar-refractivity contribution >= 4 is 34.5 Å². The van der Waals surface area contributed by atoms with Crippen LogP contribution in [0.15, 0.2) is 27.6 Å². The third kappa shape index (κ3) is 3.49. The molecule has 17 heavy (non-hydrogen) atoms. The molecule has 1 aliphatic carbocycles. The molecule has 1 aliphatic rings. The van der Waals surface area contributed by atoms with E-state index in [2.05, 4.69) is 28.6 Å². The first kappa shape index (κ1) is 13.0. The Morgan fingerprint density at radius 2 is 2.00 bits per heavy atom. The van der Waals surface area contributed by atoms with Crippen LogP contribution in [-0.4, -0.2) is 12.1 Å². The Hall–Kier alpha value is -0.480. The Labute approximate surface area is 115 Å². The van der Waals surface area contributed by atoms with Gasteiger partial charge in [-0.15, -0.1) is 12.6 Å². The van der Waals surface area contributed by atoms with Gasteiger partial charge in [-0.25, -0.2) is 4.79 Å². The van der Waals surface area contributed by atoms with Crippen LogP contribution in [-0.2, 0) is 4.74 Å². The van der Waals surface area contributed by atoms with E-state index in [0.717, 1.165) is 30.2 Å². The van der Waals surface area contributed by atoms with Crippen molar-refractivity contribution in [2.45, 2.75) is 43.1 Å². The van der Waals surface area contributed by atoms with Crippen LogP contribution in [0.25, 0.3) is 0 Å². The fourth-order valence-corrected chi connectivity index (χ4v) is 2.92. The van der Waals surface area contributed by atoms with E-state index in [1.807, 2.05) is 6.07 Å². The highest BCUT2D eigenvalue weighted by atomic mass is 79.9. The smallest absolute Gasteiger partial charge is 0.339 e. The number of thiol groups is 1. The van der Waals surface area contributed by atoms with Gasteiger partial charge in [0.2, 0.25) is 0 Å². The van der Waals surface area contributed by atoms with E-state index in [1.54, 1.807) is 12.1 Å². The van der Waals surface area contributed by atoms with Gasteiger partial charge >= 0.3 is 5.97 Å². The lowest BCUT2D eigenvalue weighted by atomic mass is 9.98. The third-order valence-electron chi connectivity index (χ3n) is 3.01. The van der Waals surface area contributed by atoms with Crippen LogP contribution in [0.4, 0.5) is 0 Å². The van der Waals surface area contributed by atoms with Gasteiger partial charge in [0, 0.05) is 9.37 Å². The number of halogens is 1. The van der Waals surface area contributed by atoms with E-state index in [9.17, 15) is 4.79 Å².